The van der Waals surface area contributed by atoms with Crippen molar-refractivity contribution in [2.24, 2.45) is 11.8 Å². The van der Waals surface area contributed by atoms with Gasteiger partial charge in [0.1, 0.15) is 0 Å². The van der Waals surface area contributed by atoms with Gasteiger partial charge in [-0.05, 0) is 18.8 Å². The zero-order chi connectivity index (χ0) is 15.3. The van der Waals surface area contributed by atoms with Crippen molar-refractivity contribution in [1.82, 2.24) is 5.32 Å². The van der Waals surface area contributed by atoms with Crippen molar-refractivity contribution < 1.29 is 24.4 Å². The molecule has 6 heteroatoms. The molecular weight excluding hydrogens is 274 g/mol. The minimum atomic E-state index is 0.136. The molecule has 1 aliphatic rings. The molecular formula is C15H29NO5. The standard InChI is InChI=1S/C15H29NO5/c1-19-4-5-21-7-6-20-3-2-16-15-9-13(11-17)8-14(10-15)12-18/h9,13-14,16-18H,2-8,10-12H2,1H3. The lowest BCUT2D eigenvalue weighted by Gasteiger charge is -2.27. The third kappa shape index (κ3) is 8.38. The molecule has 124 valence electrons. The van der Waals surface area contributed by atoms with Crippen molar-refractivity contribution in [3.63, 3.8) is 0 Å². The van der Waals surface area contributed by atoms with Gasteiger partial charge >= 0.3 is 0 Å². The molecule has 0 bridgehead atoms. The van der Waals surface area contributed by atoms with Crippen LogP contribution in [0.5, 0.6) is 0 Å². The van der Waals surface area contributed by atoms with Gasteiger partial charge in [0, 0.05) is 38.5 Å². The van der Waals surface area contributed by atoms with Crippen LogP contribution in [-0.4, -0.2) is 70.1 Å². The van der Waals surface area contributed by atoms with E-state index in [0.29, 0.717) is 33.0 Å². The summed E-state index contributed by atoms with van der Waals surface area (Å²) in [6.07, 6.45) is 3.76. The highest BCUT2D eigenvalue weighted by Gasteiger charge is 2.21. The maximum Gasteiger partial charge on any atom is 0.0701 e. The number of aliphatic hydroxyl groups is 2. The monoisotopic (exact) mass is 303 g/mol. The first-order chi connectivity index (χ1) is 10.3. The van der Waals surface area contributed by atoms with Crippen LogP contribution in [0, 0.1) is 11.8 Å². The maximum atomic E-state index is 9.27. The third-order valence-electron chi connectivity index (χ3n) is 3.48. The predicted octanol–water partition coefficient (Wildman–Crippen LogP) is 0.150. The van der Waals surface area contributed by atoms with Crippen LogP contribution in [0.1, 0.15) is 12.8 Å². The number of hydrogen-bond acceptors (Lipinski definition) is 6. The Morgan fingerprint density at radius 3 is 2.48 bits per heavy atom. The summed E-state index contributed by atoms with van der Waals surface area (Å²) in [5, 5.41) is 21.8. The zero-order valence-electron chi connectivity index (χ0n) is 12.9. The highest BCUT2D eigenvalue weighted by atomic mass is 16.5. The molecule has 0 saturated heterocycles. The molecule has 0 amide bonds. The molecule has 21 heavy (non-hydrogen) atoms. The number of nitrogens with one attached hydrogen (secondary N) is 1. The second kappa shape index (κ2) is 11.9. The molecule has 0 saturated carbocycles. The van der Waals surface area contributed by atoms with Crippen molar-refractivity contribution in [2.45, 2.75) is 12.8 Å². The lowest BCUT2D eigenvalue weighted by atomic mass is 9.85. The number of ether oxygens (including phenoxy) is 3. The fraction of sp³-hybridized carbons (Fsp3) is 0.867. The Labute approximate surface area is 127 Å². The average molecular weight is 303 g/mol. The van der Waals surface area contributed by atoms with E-state index < -0.39 is 0 Å². The number of rotatable bonds is 12. The maximum absolute atomic E-state index is 9.27. The van der Waals surface area contributed by atoms with E-state index in [1.54, 1.807) is 7.11 Å². The lowest BCUT2D eigenvalue weighted by molar-refractivity contribution is 0.0258. The summed E-state index contributed by atoms with van der Waals surface area (Å²) in [6, 6.07) is 0. The van der Waals surface area contributed by atoms with Gasteiger partial charge in [0.05, 0.1) is 33.0 Å². The second-order valence-electron chi connectivity index (χ2n) is 5.27. The Kier molecular flexibility index (Phi) is 10.5. The van der Waals surface area contributed by atoms with Gasteiger partial charge in [0.15, 0.2) is 0 Å². The van der Waals surface area contributed by atoms with Crippen molar-refractivity contribution in [1.29, 1.82) is 0 Å². The summed E-state index contributed by atoms with van der Waals surface area (Å²) in [4.78, 5) is 0. The van der Waals surface area contributed by atoms with Crippen molar-refractivity contribution in [3.8, 4) is 0 Å². The second-order valence-corrected chi connectivity index (χ2v) is 5.27. The molecule has 0 aromatic heterocycles. The molecule has 0 aliphatic heterocycles. The van der Waals surface area contributed by atoms with E-state index in [4.69, 9.17) is 14.2 Å². The largest absolute Gasteiger partial charge is 0.396 e. The van der Waals surface area contributed by atoms with Gasteiger partial charge in [-0.1, -0.05) is 6.08 Å². The van der Waals surface area contributed by atoms with Gasteiger partial charge in [-0.2, -0.15) is 0 Å². The Bertz CT molecular complexity index is 285. The van der Waals surface area contributed by atoms with Gasteiger partial charge in [-0.3, -0.25) is 0 Å². The molecule has 0 aromatic rings. The Hall–Kier alpha value is -0.660. The predicted molar refractivity (Wildman–Crippen MR) is 80.0 cm³/mol. The van der Waals surface area contributed by atoms with E-state index in [0.717, 1.165) is 25.1 Å². The van der Waals surface area contributed by atoms with Crippen molar-refractivity contribution in [3.05, 3.63) is 11.8 Å². The first-order valence-corrected chi connectivity index (χ1v) is 7.60. The first kappa shape index (κ1) is 18.4. The Morgan fingerprint density at radius 2 is 1.81 bits per heavy atom. The topological polar surface area (TPSA) is 80.2 Å². The van der Waals surface area contributed by atoms with E-state index in [1.165, 1.54) is 0 Å². The summed E-state index contributed by atoms with van der Waals surface area (Å²) in [5.74, 6) is 0.387. The minimum absolute atomic E-state index is 0.136. The van der Waals surface area contributed by atoms with E-state index in [1.807, 2.05) is 0 Å². The van der Waals surface area contributed by atoms with E-state index in [2.05, 4.69) is 11.4 Å². The molecule has 1 rings (SSSR count). The van der Waals surface area contributed by atoms with Gasteiger partial charge in [-0.15, -0.1) is 0 Å². The molecule has 0 heterocycles. The fourth-order valence-electron chi connectivity index (χ4n) is 2.39. The number of allylic oxidation sites excluding steroid dienone is 1. The quantitative estimate of drug-likeness (QED) is 0.445. The van der Waals surface area contributed by atoms with E-state index in [9.17, 15) is 10.2 Å². The van der Waals surface area contributed by atoms with Crippen LogP contribution >= 0.6 is 0 Å². The van der Waals surface area contributed by atoms with Crippen LogP contribution in [0.15, 0.2) is 11.8 Å². The molecule has 3 N–H and O–H groups in total. The molecule has 0 fully saturated rings. The van der Waals surface area contributed by atoms with Crippen LogP contribution in [0.25, 0.3) is 0 Å². The summed E-state index contributed by atoms with van der Waals surface area (Å²) in [6.45, 7) is 3.98. The molecule has 0 radical (unpaired) electrons. The highest BCUT2D eigenvalue weighted by molar-refractivity contribution is 5.08. The first-order valence-electron chi connectivity index (χ1n) is 7.60. The molecule has 2 unspecified atom stereocenters. The van der Waals surface area contributed by atoms with Gasteiger partial charge in [0.2, 0.25) is 0 Å². The number of methoxy groups -OCH3 is 1. The third-order valence-corrected chi connectivity index (χ3v) is 3.48. The molecule has 0 spiro atoms. The fourth-order valence-corrected chi connectivity index (χ4v) is 2.39. The normalized spacial score (nSPS) is 22.1. The van der Waals surface area contributed by atoms with Crippen LogP contribution in [0.2, 0.25) is 0 Å². The number of aliphatic hydroxyl groups excluding tert-OH is 2. The summed E-state index contributed by atoms with van der Waals surface area (Å²) >= 11 is 0. The van der Waals surface area contributed by atoms with Gasteiger partial charge < -0.3 is 29.7 Å². The smallest absolute Gasteiger partial charge is 0.0701 e. The number of hydrogen-bond donors (Lipinski definition) is 3. The van der Waals surface area contributed by atoms with Gasteiger partial charge in [0.25, 0.3) is 0 Å². The van der Waals surface area contributed by atoms with Crippen LogP contribution in [0.3, 0.4) is 0 Å². The van der Waals surface area contributed by atoms with Crippen LogP contribution < -0.4 is 5.32 Å². The SMILES string of the molecule is COCCOCCOCCNC1=CC(CO)CC(CO)C1. The summed E-state index contributed by atoms with van der Waals surface area (Å²) < 4.78 is 15.6. The minimum Gasteiger partial charge on any atom is -0.396 e. The van der Waals surface area contributed by atoms with Crippen molar-refractivity contribution >= 4 is 0 Å². The van der Waals surface area contributed by atoms with Crippen molar-refractivity contribution in [2.75, 3.05) is 59.9 Å². The van der Waals surface area contributed by atoms with Crippen LogP contribution in [-0.2, 0) is 14.2 Å². The summed E-state index contributed by atoms with van der Waals surface area (Å²) in [5.41, 5.74) is 1.10. The van der Waals surface area contributed by atoms with E-state index >= 15 is 0 Å². The highest BCUT2D eigenvalue weighted by Crippen LogP contribution is 2.26. The molecule has 1 aliphatic carbocycles. The molecule has 2 atom stereocenters. The summed E-state index contributed by atoms with van der Waals surface area (Å²) in [7, 11) is 1.65. The molecule has 6 nitrogen and oxygen atoms in total. The Morgan fingerprint density at radius 1 is 1.10 bits per heavy atom. The lowest BCUT2D eigenvalue weighted by Crippen LogP contribution is -2.28. The van der Waals surface area contributed by atoms with Crippen LogP contribution in [0.4, 0.5) is 0 Å². The molecule has 0 aromatic carbocycles. The average Bonchev–Trinajstić information content (AvgIpc) is 2.52. The zero-order valence-corrected chi connectivity index (χ0v) is 12.9. The van der Waals surface area contributed by atoms with E-state index in [-0.39, 0.29) is 25.0 Å². The van der Waals surface area contributed by atoms with Gasteiger partial charge in [-0.25, -0.2) is 0 Å². The Balaban J connectivity index is 2.05.